The molecule has 0 bridgehead atoms. The van der Waals surface area contributed by atoms with Crippen LogP contribution in [0.4, 0.5) is 8.78 Å². The molecule has 0 amide bonds. The summed E-state index contributed by atoms with van der Waals surface area (Å²) in [6.07, 6.45) is 1.61. The zero-order valence-electron chi connectivity index (χ0n) is 14.6. The van der Waals surface area contributed by atoms with Crippen molar-refractivity contribution in [2.75, 3.05) is 0 Å². The molecule has 0 fully saturated rings. The van der Waals surface area contributed by atoms with Gasteiger partial charge in [0.15, 0.2) is 0 Å². The van der Waals surface area contributed by atoms with Crippen molar-refractivity contribution in [2.45, 2.75) is 58.3 Å². The van der Waals surface area contributed by atoms with E-state index in [0.29, 0.717) is 12.8 Å². The lowest BCUT2D eigenvalue weighted by molar-refractivity contribution is -0.137. The zero-order chi connectivity index (χ0) is 18.2. The van der Waals surface area contributed by atoms with Gasteiger partial charge in [0.05, 0.1) is 0 Å². The molecule has 5 heteroatoms. The van der Waals surface area contributed by atoms with Crippen LogP contribution in [0.5, 0.6) is 0 Å². The normalized spacial score (nSPS) is 15.8. The average Bonchev–Trinajstić information content (AvgIpc) is 2.78. The maximum Gasteiger partial charge on any atom is 0.303 e. The first kappa shape index (κ1) is 17.6. The van der Waals surface area contributed by atoms with Gasteiger partial charge >= 0.3 is 5.97 Å². The predicted octanol–water partition coefficient (Wildman–Crippen LogP) is 4.63. The minimum absolute atomic E-state index is 0.101. The predicted molar refractivity (Wildman–Crippen MR) is 92.8 cm³/mol. The summed E-state index contributed by atoms with van der Waals surface area (Å²) in [7, 11) is 0. The van der Waals surface area contributed by atoms with Crippen molar-refractivity contribution >= 4 is 5.97 Å². The molecular weight excluding hydrogens is 324 g/mol. The monoisotopic (exact) mass is 347 g/mol. The highest BCUT2D eigenvalue weighted by atomic mass is 19.3. The maximum atomic E-state index is 13.8. The van der Waals surface area contributed by atoms with Crippen molar-refractivity contribution < 1.29 is 18.7 Å². The second-order valence-corrected chi connectivity index (χ2v) is 6.92. The summed E-state index contributed by atoms with van der Waals surface area (Å²) in [6.45, 7) is 3.90. The molecule has 1 heterocycles. The Labute approximate surface area is 146 Å². The van der Waals surface area contributed by atoms with Gasteiger partial charge in [-0.3, -0.25) is 4.79 Å². The van der Waals surface area contributed by atoms with Gasteiger partial charge in [0.2, 0.25) is 0 Å². The molecule has 3 nitrogen and oxygen atoms in total. The summed E-state index contributed by atoms with van der Waals surface area (Å²) in [5.41, 5.74) is 5.83. The number of alkyl halides is 2. The van der Waals surface area contributed by atoms with Crippen LogP contribution >= 0.6 is 0 Å². The third-order valence-corrected chi connectivity index (χ3v) is 5.16. The van der Waals surface area contributed by atoms with Crippen molar-refractivity contribution in [3.63, 3.8) is 0 Å². The van der Waals surface area contributed by atoms with Gasteiger partial charge in [-0.25, -0.2) is 8.78 Å². The van der Waals surface area contributed by atoms with E-state index in [0.717, 1.165) is 40.2 Å². The lowest BCUT2D eigenvalue weighted by Gasteiger charge is -2.24. The van der Waals surface area contributed by atoms with Crippen LogP contribution in [0.1, 0.15) is 47.3 Å². The number of nitrogens with zero attached hydrogens (tertiary/aromatic N) is 1. The lowest BCUT2D eigenvalue weighted by atomic mass is 9.92. The number of carbonyl (C=O) groups is 1. The first-order chi connectivity index (χ1) is 11.8. The Morgan fingerprint density at radius 2 is 1.92 bits per heavy atom. The van der Waals surface area contributed by atoms with E-state index in [9.17, 15) is 13.6 Å². The van der Waals surface area contributed by atoms with E-state index in [2.05, 4.69) is 4.57 Å². The van der Waals surface area contributed by atoms with E-state index >= 15 is 0 Å². The van der Waals surface area contributed by atoms with Crippen LogP contribution in [0.25, 0.3) is 5.69 Å². The molecule has 0 radical (unpaired) electrons. The van der Waals surface area contributed by atoms with Crippen LogP contribution in [0.15, 0.2) is 24.3 Å². The quantitative estimate of drug-likeness (QED) is 0.857. The molecular formula is C20H23F2NO2. The van der Waals surface area contributed by atoms with E-state index < -0.39 is 11.9 Å². The van der Waals surface area contributed by atoms with Gasteiger partial charge in [-0.1, -0.05) is 12.1 Å². The first-order valence-corrected chi connectivity index (χ1v) is 8.67. The van der Waals surface area contributed by atoms with Gasteiger partial charge < -0.3 is 9.67 Å². The summed E-state index contributed by atoms with van der Waals surface area (Å²) in [5.74, 6) is -3.39. The van der Waals surface area contributed by atoms with Gasteiger partial charge in [0.1, 0.15) is 0 Å². The second kappa shape index (κ2) is 6.62. The summed E-state index contributed by atoms with van der Waals surface area (Å²) >= 11 is 0. The van der Waals surface area contributed by atoms with Gasteiger partial charge in [0.25, 0.3) is 5.92 Å². The standard InChI is InChI=1S/C20H23F2NO2/c1-13-14(2)23(18-10-11-20(21,22)12-17(13)18)16-8-6-15(7-9-16)4-3-5-19(24)25/h6-9H,3-5,10-12H2,1-2H3,(H,24,25). The van der Waals surface area contributed by atoms with E-state index in [1.807, 2.05) is 38.1 Å². The molecule has 0 saturated carbocycles. The fourth-order valence-corrected chi connectivity index (χ4v) is 3.69. The van der Waals surface area contributed by atoms with E-state index in [1.165, 1.54) is 0 Å². The van der Waals surface area contributed by atoms with Crippen LogP contribution < -0.4 is 0 Å². The molecule has 1 N–H and O–H groups in total. The molecule has 1 aliphatic rings. The maximum absolute atomic E-state index is 13.8. The third-order valence-electron chi connectivity index (χ3n) is 5.16. The molecule has 0 atom stereocenters. The number of benzene rings is 1. The Balaban J connectivity index is 1.86. The Bertz CT molecular complexity index is 791. The van der Waals surface area contributed by atoms with E-state index in [4.69, 9.17) is 5.11 Å². The molecule has 0 unspecified atom stereocenters. The number of rotatable bonds is 5. The Morgan fingerprint density at radius 1 is 1.24 bits per heavy atom. The molecule has 25 heavy (non-hydrogen) atoms. The first-order valence-electron chi connectivity index (χ1n) is 8.67. The number of aromatic nitrogens is 1. The number of hydrogen-bond donors (Lipinski definition) is 1. The number of fused-ring (bicyclic) bond motifs is 1. The number of carboxylic acids is 1. The highest BCUT2D eigenvalue weighted by molar-refractivity contribution is 5.66. The van der Waals surface area contributed by atoms with Crippen LogP contribution in [0.2, 0.25) is 0 Å². The van der Waals surface area contributed by atoms with Crippen LogP contribution in [-0.2, 0) is 24.1 Å². The fraction of sp³-hybridized carbons (Fsp3) is 0.450. The van der Waals surface area contributed by atoms with Crippen LogP contribution in [0, 0.1) is 13.8 Å². The number of aryl methyl sites for hydroxylation is 1. The number of aliphatic carboxylic acids is 1. The summed E-state index contributed by atoms with van der Waals surface area (Å²) in [4.78, 5) is 10.6. The number of carboxylic acid groups (broad SMARTS) is 1. The lowest BCUT2D eigenvalue weighted by Crippen LogP contribution is -2.26. The van der Waals surface area contributed by atoms with E-state index in [1.54, 1.807) is 0 Å². The smallest absolute Gasteiger partial charge is 0.303 e. The van der Waals surface area contributed by atoms with Gasteiger partial charge in [-0.2, -0.15) is 0 Å². The molecule has 1 aliphatic carbocycles. The van der Waals surface area contributed by atoms with Crippen molar-refractivity contribution in [1.29, 1.82) is 0 Å². The number of hydrogen-bond acceptors (Lipinski definition) is 1. The van der Waals surface area contributed by atoms with Crippen LogP contribution in [0.3, 0.4) is 0 Å². The van der Waals surface area contributed by atoms with Gasteiger partial charge in [-0.05, 0) is 61.9 Å². The van der Waals surface area contributed by atoms with Gasteiger partial charge in [0, 0.05) is 36.3 Å². The van der Waals surface area contributed by atoms with Crippen molar-refractivity contribution in [3.05, 3.63) is 52.3 Å². The van der Waals surface area contributed by atoms with E-state index in [-0.39, 0.29) is 19.3 Å². The summed E-state index contributed by atoms with van der Waals surface area (Å²) in [6, 6.07) is 7.98. The zero-order valence-corrected chi connectivity index (χ0v) is 14.6. The second-order valence-electron chi connectivity index (χ2n) is 6.92. The Morgan fingerprint density at radius 3 is 2.56 bits per heavy atom. The van der Waals surface area contributed by atoms with Crippen molar-refractivity contribution in [2.24, 2.45) is 0 Å². The van der Waals surface area contributed by atoms with Crippen molar-refractivity contribution in [3.8, 4) is 5.69 Å². The third kappa shape index (κ3) is 3.60. The fourth-order valence-electron chi connectivity index (χ4n) is 3.69. The molecule has 0 saturated heterocycles. The summed E-state index contributed by atoms with van der Waals surface area (Å²) in [5, 5.41) is 8.71. The molecule has 0 aliphatic heterocycles. The minimum Gasteiger partial charge on any atom is -0.481 e. The average molecular weight is 347 g/mol. The number of halogens is 2. The largest absolute Gasteiger partial charge is 0.481 e. The van der Waals surface area contributed by atoms with Gasteiger partial charge in [-0.15, -0.1) is 0 Å². The topological polar surface area (TPSA) is 42.2 Å². The Kier molecular flexibility index (Phi) is 4.67. The highest BCUT2D eigenvalue weighted by Gasteiger charge is 2.37. The molecule has 1 aromatic heterocycles. The molecule has 3 rings (SSSR count). The molecule has 134 valence electrons. The molecule has 2 aromatic rings. The van der Waals surface area contributed by atoms with Crippen LogP contribution in [-0.4, -0.2) is 21.6 Å². The van der Waals surface area contributed by atoms with Crippen molar-refractivity contribution in [1.82, 2.24) is 4.57 Å². The Hall–Kier alpha value is -2.17. The molecule has 0 spiro atoms. The molecule has 1 aromatic carbocycles. The highest BCUT2D eigenvalue weighted by Crippen LogP contribution is 2.38. The SMILES string of the molecule is Cc1c2c(n(-c3ccc(CCCC(=O)O)cc3)c1C)CCC(F)(F)C2. The summed E-state index contributed by atoms with van der Waals surface area (Å²) < 4.78 is 29.7. The minimum atomic E-state index is -2.61.